The minimum absolute atomic E-state index is 0.0404. The van der Waals surface area contributed by atoms with Gasteiger partial charge in [0.2, 0.25) is 5.89 Å². The first-order valence-corrected chi connectivity index (χ1v) is 8.03. The van der Waals surface area contributed by atoms with E-state index in [-0.39, 0.29) is 11.0 Å². The maximum absolute atomic E-state index is 12.4. The van der Waals surface area contributed by atoms with Crippen molar-refractivity contribution in [2.75, 3.05) is 0 Å². The smallest absolute Gasteiger partial charge is 0.277 e. The van der Waals surface area contributed by atoms with E-state index in [0.29, 0.717) is 16.7 Å². The Bertz CT molecular complexity index is 800. The van der Waals surface area contributed by atoms with Crippen LogP contribution in [0.5, 0.6) is 0 Å². The van der Waals surface area contributed by atoms with Crippen LogP contribution >= 0.6 is 11.8 Å². The maximum Gasteiger partial charge on any atom is 0.277 e. The lowest BCUT2D eigenvalue weighted by molar-refractivity contribution is 0.0993. The van der Waals surface area contributed by atoms with Crippen molar-refractivity contribution >= 4 is 17.5 Å². The summed E-state index contributed by atoms with van der Waals surface area (Å²) in [4.78, 5) is 16.4. The fourth-order valence-corrected chi connectivity index (χ4v) is 2.79. The van der Waals surface area contributed by atoms with E-state index < -0.39 is 0 Å². The van der Waals surface area contributed by atoms with Gasteiger partial charge in [-0.2, -0.15) is 0 Å². The largest absolute Gasteiger partial charge is 0.411 e. The van der Waals surface area contributed by atoms with E-state index in [4.69, 9.17) is 4.42 Å². The summed E-state index contributed by atoms with van der Waals surface area (Å²) in [5.41, 5.74) is 2.61. The zero-order chi connectivity index (χ0) is 16.2. The number of rotatable bonds is 5. The number of benzene rings is 1. The highest BCUT2D eigenvalue weighted by Crippen LogP contribution is 2.27. The van der Waals surface area contributed by atoms with Crippen LogP contribution in [-0.2, 0) is 0 Å². The van der Waals surface area contributed by atoms with Crippen molar-refractivity contribution in [3.8, 4) is 11.5 Å². The predicted molar refractivity (Wildman–Crippen MR) is 88.4 cm³/mol. The van der Waals surface area contributed by atoms with Gasteiger partial charge in [0.05, 0.1) is 5.25 Å². The van der Waals surface area contributed by atoms with Crippen molar-refractivity contribution < 1.29 is 9.21 Å². The van der Waals surface area contributed by atoms with Crippen molar-refractivity contribution in [2.24, 2.45) is 0 Å². The molecule has 23 heavy (non-hydrogen) atoms. The molecule has 6 heteroatoms. The highest BCUT2D eigenvalue weighted by atomic mass is 32.2. The summed E-state index contributed by atoms with van der Waals surface area (Å²) >= 11 is 1.26. The van der Waals surface area contributed by atoms with E-state index in [1.807, 2.05) is 38.1 Å². The number of carbonyl (C=O) groups is 1. The Morgan fingerprint density at radius 2 is 1.78 bits per heavy atom. The molecule has 0 saturated carbocycles. The SMILES string of the molecule is Cc1ccc(C(=O)[C@H](C)Sc2nnc(-c3ccncc3)o2)cc1. The number of aromatic nitrogens is 3. The van der Waals surface area contributed by atoms with Crippen LogP contribution in [0.4, 0.5) is 0 Å². The molecule has 2 aromatic heterocycles. The highest BCUT2D eigenvalue weighted by molar-refractivity contribution is 8.00. The van der Waals surface area contributed by atoms with Crippen LogP contribution in [0.3, 0.4) is 0 Å². The monoisotopic (exact) mass is 325 g/mol. The molecule has 5 nitrogen and oxygen atoms in total. The van der Waals surface area contributed by atoms with Gasteiger partial charge in [-0.25, -0.2) is 0 Å². The van der Waals surface area contributed by atoms with Crippen LogP contribution in [0.2, 0.25) is 0 Å². The lowest BCUT2D eigenvalue weighted by Gasteiger charge is -2.07. The van der Waals surface area contributed by atoms with Crippen molar-refractivity contribution in [1.82, 2.24) is 15.2 Å². The standard InChI is InChI=1S/C17H15N3O2S/c1-11-3-5-13(6-4-11)15(21)12(2)23-17-20-19-16(22-17)14-7-9-18-10-8-14/h3-10,12H,1-2H3/t12-/m0/s1. The Morgan fingerprint density at radius 1 is 1.09 bits per heavy atom. The number of aryl methyl sites for hydroxylation is 1. The molecule has 0 spiro atoms. The zero-order valence-electron chi connectivity index (χ0n) is 12.8. The van der Waals surface area contributed by atoms with Crippen LogP contribution in [0.15, 0.2) is 58.4 Å². The normalized spacial score (nSPS) is 12.1. The molecule has 1 atom stereocenters. The van der Waals surface area contributed by atoms with Crippen LogP contribution in [0, 0.1) is 6.92 Å². The van der Waals surface area contributed by atoms with Crippen molar-refractivity contribution in [3.63, 3.8) is 0 Å². The van der Waals surface area contributed by atoms with Gasteiger partial charge < -0.3 is 4.42 Å². The molecule has 0 radical (unpaired) electrons. The molecule has 0 N–H and O–H groups in total. The highest BCUT2D eigenvalue weighted by Gasteiger charge is 2.20. The average Bonchev–Trinajstić information content (AvgIpc) is 3.04. The van der Waals surface area contributed by atoms with E-state index in [1.54, 1.807) is 24.5 Å². The second-order valence-corrected chi connectivity index (χ2v) is 6.39. The quantitative estimate of drug-likeness (QED) is 0.525. The molecule has 0 saturated heterocycles. The van der Waals surface area contributed by atoms with E-state index in [9.17, 15) is 4.79 Å². The molecule has 2 heterocycles. The molecule has 3 aromatic rings. The summed E-state index contributed by atoms with van der Waals surface area (Å²) in [5, 5.41) is 8.08. The van der Waals surface area contributed by atoms with E-state index in [1.165, 1.54) is 11.8 Å². The molecule has 0 aliphatic rings. The van der Waals surface area contributed by atoms with Gasteiger partial charge in [-0.3, -0.25) is 9.78 Å². The van der Waals surface area contributed by atoms with Gasteiger partial charge in [-0.05, 0) is 26.0 Å². The Hall–Kier alpha value is -2.47. The number of hydrogen-bond acceptors (Lipinski definition) is 6. The molecule has 0 aliphatic carbocycles. The van der Waals surface area contributed by atoms with Crippen LogP contribution in [0.1, 0.15) is 22.8 Å². The second-order valence-electron chi connectivity index (χ2n) is 5.10. The van der Waals surface area contributed by atoms with Crippen LogP contribution in [0.25, 0.3) is 11.5 Å². The van der Waals surface area contributed by atoms with Crippen LogP contribution in [-0.4, -0.2) is 26.2 Å². The Kier molecular flexibility index (Phi) is 4.52. The predicted octanol–water partition coefficient (Wildman–Crippen LogP) is 3.80. The third kappa shape index (κ3) is 3.65. The third-order valence-corrected chi connectivity index (χ3v) is 4.25. The molecule has 1 aromatic carbocycles. The first-order valence-electron chi connectivity index (χ1n) is 7.15. The molecule has 0 unspecified atom stereocenters. The molecular weight excluding hydrogens is 310 g/mol. The first kappa shape index (κ1) is 15.4. The van der Waals surface area contributed by atoms with Gasteiger partial charge in [0, 0.05) is 23.5 Å². The maximum atomic E-state index is 12.4. The van der Waals surface area contributed by atoms with Gasteiger partial charge in [0.1, 0.15) is 0 Å². The summed E-state index contributed by atoms with van der Waals surface area (Å²) in [6.07, 6.45) is 3.33. The Balaban J connectivity index is 1.71. The van der Waals surface area contributed by atoms with E-state index in [2.05, 4.69) is 15.2 Å². The minimum Gasteiger partial charge on any atom is -0.411 e. The third-order valence-electron chi connectivity index (χ3n) is 3.32. The average molecular weight is 325 g/mol. The number of carbonyl (C=O) groups excluding carboxylic acids is 1. The van der Waals surface area contributed by atoms with Gasteiger partial charge in [-0.15, -0.1) is 10.2 Å². The summed E-state index contributed by atoms with van der Waals surface area (Å²) in [7, 11) is 0. The minimum atomic E-state index is -0.302. The fourth-order valence-electron chi connectivity index (χ4n) is 2.03. The van der Waals surface area contributed by atoms with Crippen molar-refractivity contribution in [3.05, 3.63) is 59.9 Å². The Morgan fingerprint density at radius 3 is 2.48 bits per heavy atom. The fraction of sp³-hybridized carbons (Fsp3) is 0.176. The second kappa shape index (κ2) is 6.75. The number of pyridine rings is 1. The lowest BCUT2D eigenvalue weighted by Crippen LogP contribution is -2.13. The lowest BCUT2D eigenvalue weighted by atomic mass is 10.1. The molecule has 0 fully saturated rings. The molecule has 0 aliphatic heterocycles. The number of nitrogens with zero attached hydrogens (tertiary/aromatic N) is 3. The summed E-state index contributed by atoms with van der Waals surface area (Å²) < 4.78 is 5.61. The molecule has 116 valence electrons. The molecule has 3 rings (SSSR count). The van der Waals surface area contributed by atoms with Crippen molar-refractivity contribution in [1.29, 1.82) is 0 Å². The number of thioether (sulfide) groups is 1. The van der Waals surface area contributed by atoms with E-state index in [0.717, 1.165) is 11.1 Å². The van der Waals surface area contributed by atoms with Crippen molar-refractivity contribution in [2.45, 2.75) is 24.3 Å². The first-order chi connectivity index (χ1) is 11.1. The summed E-state index contributed by atoms with van der Waals surface area (Å²) in [6, 6.07) is 11.1. The number of ketones is 1. The molecule has 0 amide bonds. The van der Waals surface area contributed by atoms with Crippen LogP contribution < -0.4 is 0 Å². The number of Topliss-reactive ketones (excluding diaryl/α,β-unsaturated/α-hetero) is 1. The number of hydrogen-bond donors (Lipinski definition) is 0. The topological polar surface area (TPSA) is 68.9 Å². The van der Waals surface area contributed by atoms with Gasteiger partial charge in [0.25, 0.3) is 5.22 Å². The summed E-state index contributed by atoms with van der Waals surface area (Å²) in [5.74, 6) is 0.462. The van der Waals surface area contributed by atoms with E-state index >= 15 is 0 Å². The van der Waals surface area contributed by atoms with Gasteiger partial charge in [-0.1, -0.05) is 41.6 Å². The summed E-state index contributed by atoms with van der Waals surface area (Å²) in [6.45, 7) is 3.83. The Labute approximate surface area is 138 Å². The van der Waals surface area contributed by atoms with Gasteiger partial charge >= 0.3 is 0 Å². The zero-order valence-corrected chi connectivity index (χ0v) is 13.6. The van der Waals surface area contributed by atoms with Gasteiger partial charge in [0.15, 0.2) is 5.78 Å². The molecular formula is C17H15N3O2S. The molecule has 0 bridgehead atoms.